The third kappa shape index (κ3) is 4.56. The minimum absolute atomic E-state index is 0.647. The fraction of sp³-hybridized carbons (Fsp3) is 0.533. The molecule has 1 aromatic rings. The lowest BCUT2D eigenvalue weighted by Gasteiger charge is -2.33. The maximum absolute atomic E-state index is 10.8. The number of piperazine rings is 1. The van der Waals surface area contributed by atoms with E-state index in [4.69, 9.17) is 5.11 Å². The van der Waals surface area contributed by atoms with Crippen molar-refractivity contribution in [1.82, 2.24) is 9.80 Å². The molecule has 4 heteroatoms. The lowest BCUT2D eigenvalue weighted by Crippen LogP contribution is -2.48. The molecule has 0 unspecified atom stereocenters. The molecular weight excluding hydrogens is 240 g/mol. The van der Waals surface area contributed by atoms with Gasteiger partial charge in [0.1, 0.15) is 0 Å². The van der Waals surface area contributed by atoms with Gasteiger partial charge in [0, 0.05) is 26.2 Å². The SMILES string of the molecule is O=C(O)N1CCN(CCCCc2ccccc2)CC1. The summed E-state index contributed by atoms with van der Waals surface area (Å²) in [5.74, 6) is 0. The number of aryl methyl sites for hydroxylation is 1. The van der Waals surface area contributed by atoms with Crippen molar-refractivity contribution in [2.24, 2.45) is 0 Å². The van der Waals surface area contributed by atoms with Crippen molar-refractivity contribution >= 4 is 6.09 Å². The van der Waals surface area contributed by atoms with Crippen molar-refractivity contribution in [2.45, 2.75) is 19.3 Å². The molecular formula is C15H22N2O2. The Morgan fingerprint density at radius 1 is 1.05 bits per heavy atom. The summed E-state index contributed by atoms with van der Waals surface area (Å²) < 4.78 is 0. The molecule has 0 aromatic heterocycles. The molecule has 1 saturated heterocycles. The number of unbranched alkanes of at least 4 members (excludes halogenated alkanes) is 1. The zero-order valence-electron chi connectivity index (χ0n) is 11.3. The molecule has 0 radical (unpaired) electrons. The second-order valence-electron chi connectivity index (χ2n) is 5.05. The van der Waals surface area contributed by atoms with Crippen LogP contribution in [0, 0.1) is 0 Å². The second kappa shape index (κ2) is 7.14. The van der Waals surface area contributed by atoms with Crippen molar-refractivity contribution < 1.29 is 9.90 Å². The van der Waals surface area contributed by atoms with Crippen molar-refractivity contribution in [3.8, 4) is 0 Å². The van der Waals surface area contributed by atoms with Crippen LogP contribution in [0.15, 0.2) is 30.3 Å². The fourth-order valence-corrected chi connectivity index (χ4v) is 2.47. The molecule has 1 heterocycles. The van der Waals surface area contributed by atoms with Crippen molar-refractivity contribution in [2.75, 3.05) is 32.7 Å². The molecule has 0 atom stereocenters. The van der Waals surface area contributed by atoms with Crippen LogP contribution in [0.3, 0.4) is 0 Å². The van der Waals surface area contributed by atoms with Crippen molar-refractivity contribution in [3.63, 3.8) is 0 Å². The summed E-state index contributed by atoms with van der Waals surface area (Å²) in [6.45, 7) is 4.12. The van der Waals surface area contributed by atoms with Gasteiger partial charge < -0.3 is 10.0 Å². The molecule has 0 bridgehead atoms. The van der Waals surface area contributed by atoms with Gasteiger partial charge in [0.15, 0.2) is 0 Å². The number of benzene rings is 1. The van der Waals surface area contributed by atoms with Gasteiger partial charge in [-0.1, -0.05) is 30.3 Å². The molecule has 104 valence electrons. The molecule has 1 fully saturated rings. The highest BCUT2D eigenvalue weighted by Crippen LogP contribution is 2.07. The van der Waals surface area contributed by atoms with Crippen LogP contribution in [0.25, 0.3) is 0 Å². The van der Waals surface area contributed by atoms with E-state index < -0.39 is 6.09 Å². The quantitative estimate of drug-likeness (QED) is 0.828. The first-order valence-corrected chi connectivity index (χ1v) is 7.00. The minimum Gasteiger partial charge on any atom is -0.465 e. The van der Waals surface area contributed by atoms with E-state index in [2.05, 4.69) is 29.2 Å². The summed E-state index contributed by atoms with van der Waals surface area (Å²) in [4.78, 5) is 14.7. The van der Waals surface area contributed by atoms with Crippen LogP contribution in [-0.2, 0) is 6.42 Å². The van der Waals surface area contributed by atoms with E-state index in [9.17, 15) is 4.79 Å². The maximum Gasteiger partial charge on any atom is 0.407 e. The number of carbonyl (C=O) groups is 1. The van der Waals surface area contributed by atoms with Crippen molar-refractivity contribution in [1.29, 1.82) is 0 Å². The van der Waals surface area contributed by atoms with Crippen LogP contribution >= 0.6 is 0 Å². The molecule has 1 N–H and O–H groups in total. The molecule has 19 heavy (non-hydrogen) atoms. The highest BCUT2D eigenvalue weighted by atomic mass is 16.4. The Bertz CT molecular complexity index is 386. The van der Waals surface area contributed by atoms with E-state index in [1.165, 1.54) is 23.3 Å². The standard InChI is InChI=1S/C15H22N2O2/c18-15(19)17-12-10-16(11-13-17)9-5-4-8-14-6-2-1-3-7-14/h1-3,6-7H,4-5,8-13H2,(H,18,19). The zero-order chi connectivity index (χ0) is 13.5. The lowest BCUT2D eigenvalue weighted by molar-refractivity contribution is 0.105. The maximum atomic E-state index is 10.8. The number of rotatable bonds is 5. The van der Waals surface area contributed by atoms with E-state index in [0.29, 0.717) is 13.1 Å². The van der Waals surface area contributed by atoms with Gasteiger partial charge in [-0.25, -0.2) is 4.79 Å². The summed E-state index contributed by atoms with van der Waals surface area (Å²) in [6.07, 6.45) is 2.73. The van der Waals surface area contributed by atoms with Crippen LogP contribution in [0.5, 0.6) is 0 Å². The third-order valence-electron chi connectivity index (χ3n) is 3.68. The second-order valence-corrected chi connectivity index (χ2v) is 5.05. The smallest absolute Gasteiger partial charge is 0.407 e. The number of hydrogen-bond donors (Lipinski definition) is 1. The van der Waals surface area contributed by atoms with Gasteiger partial charge in [-0.05, 0) is 31.4 Å². The fourth-order valence-electron chi connectivity index (χ4n) is 2.47. The predicted octanol–water partition coefficient (Wildman–Crippen LogP) is 2.30. The van der Waals surface area contributed by atoms with E-state index >= 15 is 0 Å². The van der Waals surface area contributed by atoms with Crippen LogP contribution in [0.1, 0.15) is 18.4 Å². The van der Waals surface area contributed by atoms with Crippen LogP contribution in [0.4, 0.5) is 4.79 Å². The largest absolute Gasteiger partial charge is 0.465 e. The Morgan fingerprint density at radius 3 is 2.37 bits per heavy atom. The highest BCUT2D eigenvalue weighted by Gasteiger charge is 2.19. The molecule has 1 aromatic carbocycles. The van der Waals surface area contributed by atoms with Gasteiger partial charge in [-0.3, -0.25) is 4.90 Å². The summed E-state index contributed by atoms with van der Waals surface area (Å²) in [5, 5.41) is 8.87. The first-order chi connectivity index (χ1) is 9.25. The van der Waals surface area contributed by atoms with Gasteiger partial charge in [0.25, 0.3) is 0 Å². The summed E-state index contributed by atoms with van der Waals surface area (Å²) >= 11 is 0. The predicted molar refractivity (Wildman–Crippen MR) is 75.4 cm³/mol. The summed E-state index contributed by atoms with van der Waals surface area (Å²) in [6, 6.07) is 10.6. The van der Waals surface area contributed by atoms with Gasteiger partial charge in [0.2, 0.25) is 0 Å². The molecule has 0 spiro atoms. The number of amides is 1. The topological polar surface area (TPSA) is 43.8 Å². The van der Waals surface area contributed by atoms with E-state index in [0.717, 1.165) is 26.1 Å². The molecule has 4 nitrogen and oxygen atoms in total. The molecule has 2 rings (SSSR count). The van der Waals surface area contributed by atoms with Gasteiger partial charge in [-0.15, -0.1) is 0 Å². The Hall–Kier alpha value is -1.55. The molecule has 1 aliphatic heterocycles. The third-order valence-corrected chi connectivity index (χ3v) is 3.68. The number of hydrogen-bond acceptors (Lipinski definition) is 2. The van der Waals surface area contributed by atoms with Crippen LogP contribution < -0.4 is 0 Å². The van der Waals surface area contributed by atoms with E-state index in [1.807, 2.05) is 6.07 Å². The average molecular weight is 262 g/mol. The normalized spacial score (nSPS) is 16.5. The van der Waals surface area contributed by atoms with E-state index in [1.54, 1.807) is 0 Å². The minimum atomic E-state index is -0.788. The van der Waals surface area contributed by atoms with Gasteiger partial charge in [-0.2, -0.15) is 0 Å². The van der Waals surface area contributed by atoms with Crippen LogP contribution in [-0.4, -0.2) is 53.7 Å². The number of carboxylic acid groups (broad SMARTS) is 1. The summed E-state index contributed by atoms with van der Waals surface area (Å²) in [5.41, 5.74) is 1.40. The highest BCUT2D eigenvalue weighted by molar-refractivity contribution is 5.65. The molecule has 0 saturated carbocycles. The number of nitrogens with zero attached hydrogens (tertiary/aromatic N) is 2. The van der Waals surface area contributed by atoms with Crippen LogP contribution in [0.2, 0.25) is 0 Å². The summed E-state index contributed by atoms with van der Waals surface area (Å²) in [7, 11) is 0. The first-order valence-electron chi connectivity index (χ1n) is 7.00. The Kier molecular flexibility index (Phi) is 5.21. The zero-order valence-corrected chi connectivity index (χ0v) is 11.3. The van der Waals surface area contributed by atoms with Crippen molar-refractivity contribution in [3.05, 3.63) is 35.9 Å². The molecule has 1 aliphatic rings. The van der Waals surface area contributed by atoms with E-state index in [-0.39, 0.29) is 0 Å². The van der Waals surface area contributed by atoms with Gasteiger partial charge in [0.05, 0.1) is 0 Å². The first kappa shape index (κ1) is 13.9. The lowest BCUT2D eigenvalue weighted by atomic mass is 10.1. The Labute approximate surface area is 114 Å². The van der Waals surface area contributed by atoms with Gasteiger partial charge >= 0.3 is 6.09 Å². The molecule has 0 aliphatic carbocycles. The Balaban J connectivity index is 1.58. The monoisotopic (exact) mass is 262 g/mol. The average Bonchev–Trinajstić information content (AvgIpc) is 2.45. The molecule has 1 amide bonds. The Morgan fingerprint density at radius 2 is 1.74 bits per heavy atom.